The summed E-state index contributed by atoms with van der Waals surface area (Å²) < 4.78 is 5.10. The predicted octanol–water partition coefficient (Wildman–Crippen LogP) is 10.6. The number of aryl methyl sites for hydroxylation is 1. The van der Waals surface area contributed by atoms with Crippen LogP contribution in [0.25, 0.3) is 90.9 Å². The monoisotopic (exact) mass is 760 g/mol. The van der Waals surface area contributed by atoms with E-state index >= 15 is 0 Å². The lowest BCUT2D eigenvalue weighted by Gasteiger charge is -2.08. The fourth-order valence-electron chi connectivity index (χ4n) is 7.46. The molecule has 4 N–H and O–H groups in total. The van der Waals surface area contributed by atoms with Gasteiger partial charge in [0.15, 0.2) is 0 Å². The summed E-state index contributed by atoms with van der Waals surface area (Å²) in [6, 6.07) is 36.8. The first-order chi connectivity index (χ1) is 28.2. The minimum atomic E-state index is -1.02. The summed E-state index contributed by atoms with van der Waals surface area (Å²) in [6.45, 7) is 2.42. The van der Waals surface area contributed by atoms with Crippen molar-refractivity contribution in [3.63, 3.8) is 0 Å². The lowest BCUT2D eigenvalue weighted by atomic mass is 10.0. The number of fused-ring (bicyclic) bond motifs is 8. The molecule has 0 radical (unpaired) electrons. The highest BCUT2D eigenvalue weighted by Gasteiger charge is 2.19. The molecule has 0 fully saturated rings. The summed E-state index contributed by atoms with van der Waals surface area (Å²) in [4.78, 5) is 52.6. The fourth-order valence-corrected chi connectivity index (χ4v) is 7.46. The quantitative estimate of drug-likeness (QED) is 0.111. The molecule has 10 heteroatoms. The normalized spacial score (nSPS) is 11.7. The zero-order chi connectivity index (χ0) is 39.9. The van der Waals surface area contributed by atoms with Crippen molar-refractivity contribution < 1.29 is 29.3 Å². The Morgan fingerprint density at radius 3 is 1.10 bits per heavy atom. The highest BCUT2D eigenvalue weighted by atomic mass is 16.5. The summed E-state index contributed by atoms with van der Waals surface area (Å²) in [5.74, 6) is -1.65. The van der Waals surface area contributed by atoms with E-state index in [9.17, 15) is 24.6 Å². The van der Waals surface area contributed by atoms with Crippen LogP contribution in [0.3, 0.4) is 0 Å². The van der Waals surface area contributed by atoms with Gasteiger partial charge in [0.25, 0.3) is 6.47 Å². The summed E-state index contributed by atoms with van der Waals surface area (Å²) >= 11 is 0. The number of hydrogen-bond acceptors (Lipinski definition) is 6. The molecule has 7 aromatic rings. The molecule has 0 spiro atoms. The molecule has 0 unspecified atom stereocenters. The number of carbonyl (C=O) groups excluding carboxylic acids is 1. The van der Waals surface area contributed by atoms with Crippen molar-refractivity contribution in [1.82, 2.24) is 19.9 Å². The summed E-state index contributed by atoms with van der Waals surface area (Å²) in [7, 11) is 0. The largest absolute Gasteiger partial charge is 0.478 e. The number of aromatic carboxylic acids is 2. The lowest BCUT2D eigenvalue weighted by molar-refractivity contribution is -0.120. The standard InChI is InChI=1S/C48H32N4O6/c1-27-2-4-28(5-3-27)43-35-18-20-37(49-35)44(29-6-10-32(11-7-29)47(54)55)39-22-24-41(51-39)46(31-14-16-34(17-15-31)58-26-53)42-25-23-40(52-42)45(38-21-19-36(43)50-38)30-8-12-33(13-9-30)48(56)57/h2-26,49,52H,1H3,(H,54,55)(H,56,57). The van der Waals surface area contributed by atoms with Crippen LogP contribution in [0.1, 0.15) is 49.1 Å². The maximum Gasteiger partial charge on any atom is 0.335 e. The van der Waals surface area contributed by atoms with Crippen LogP contribution in [-0.2, 0) is 4.79 Å². The van der Waals surface area contributed by atoms with E-state index in [2.05, 4.69) is 34.2 Å². The maximum atomic E-state index is 11.8. The highest BCUT2D eigenvalue weighted by molar-refractivity contribution is 6.00. The number of carbonyl (C=O) groups is 3. The zero-order valence-electron chi connectivity index (χ0n) is 30.9. The average Bonchev–Trinajstić information content (AvgIpc) is 4.08. The van der Waals surface area contributed by atoms with E-state index in [0.717, 1.165) is 77.8 Å². The number of nitrogens with one attached hydrogen (secondary N) is 2. The van der Waals surface area contributed by atoms with Gasteiger partial charge in [-0.15, -0.1) is 0 Å². The number of ether oxygens (including phenoxy) is 1. The van der Waals surface area contributed by atoms with E-state index in [4.69, 9.17) is 14.7 Å². The van der Waals surface area contributed by atoms with Gasteiger partial charge in [-0.25, -0.2) is 19.6 Å². The Morgan fingerprint density at radius 1 is 0.483 bits per heavy atom. The minimum Gasteiger partial charge on any atom is -0.478 e. The first-order valence-corrected chi connectivity index (χ1v) is 18.4. The Labute approximate surface area is 331 Å². The molecule has 10 nitrogen and oxygen atoms in total. The molecule has 0 aliphatic carbocycles. The highest BCUT2D eigenvalue weighted by Crippen LogP contribution is 2.39. The molecule has 3 aromatic heterocycles. The summed E-state index contributed by atoms with van der Waals surface area (Å²) in [5.41, 5.74) is 13.6. The van der Waals surface area contributed by atoms with E-state index in [1.165, 1.54) is 0 Å². The van der Waals surface area contributed by atoms with Gasteiger partial charge in [0.2, 0.25) is 0 Å². The van der Waals surface area contributed by atoms with Gasteiger partial charge in [-0.1, -0.05) is 66.2 Å². The van der Waals surface area contributed by atoms with Gasteiger partial charge < -0.3 is 24.9 Å². The zero-order valence-corrected chi connectivity index (χ0v) is 30.9. The van der Waals surface area contributed by atoms with Crippen LogP contribution >= 0.6 is 0 Å². The van der Waals surface area contributed by atoms with Crippen LogP contribution in [0, 0.1) is 6.92 Å². The number of H-pyrrole nitrogens is 2. The van der Waals surface area contributed by atoms with E-state index in [1.807, 2.05) is 67.6 Å². The van der Waals surface area contributed by atoms with E-state index < -0.39 is 11.9 Å². The first kappa shape index (κ1) is 35.6. The van der Waals surface area contributed by atoms with Gasteiger partial charge in [-0.05, 0) is 114 Å². The molecule has 4 aromatic carbocycles. The van der Waals surface area contributed by atoms with Crippen LogP contribution in [0.2, 0.25) is 0 Å². The number of aromatic amines is 2. The lowest BCUT2D eigenvalue weighted by Crippen LogP contribution is -1.95. The van der Waals surface area contributed by atoms with Gasteiger partial charge in [-0.3, -0.25) is 4.79 Å². The molecule has 8 bridgehead atoms. The average molecular weight is 761 g/mol. The van der Waals surface area contributed by atoms with Gasteiger partial charge in [0.1, 0.15) is 5.75 Å². The molecule has 58 heavy (non-hydrogen) atoms. The third-order valence-electron chi connectivity index (χ3n) is 10.3. The number of carboxylic acids is 2. The molecule has 0 atom stereocenters. The van der Waals surface area contributed by atoms with Crippen LogP contribution in [0.4, 0.5) is 0 Å². The van der Waals surface area contributed by atoms with Crippen molar-refractivity contribution in [2.45, 2.75) is 6.92 Å². The predicted molar refractivity (Wildman–Crippen MR) is 226 cm³/mol. The molecule has 0 saturated carbocycles. The third-order valence-corrected chi connectivity index (χ3v) is 10.3. The Kier molecular flexibility index (Phi) is 8.91. The second kappa shape index (κ2) is 14.5. The molecular formula is C48H32N4O6. The van der Waals surface area contributed by atoms with Crippen molar-refractivity contribution in [3.05, 3.63) is 161 Å². The molecule has 0 amide bonds. The summed E-state index contributed by atoms with van der Waals surface area (Å²) in [6.07, 6.45) is 7.84. The topological polar surface area (TPSA) is 158 Å². The van der Waals surface area contributed by atoms with Gasteiger partial charge >= 0.3 is 11.9 Å². The number of carboxylic acid groups (broad SMARTS) is 2. The molecule has 0 saturated heterocycles. The molecule has 9 rings (SSSR count). The number of benzene rings is 4. The van der Waals surface area contributed by atoms with Gasteiger partial charge in [-0.2, -0.15) is 0 Å². The second-order valence-electron chi connectivity index (χ2n) is 13.9. The SMILES string of the molecule is Cc1ccc(-c2c3nc(c(-c4ccc(C(=O)O)cc4)c4ccc([nH]4)c(-c4ccc(OC=O)cc4)c4nc(c(-c5ccc(C(=O)O)cc5)c5ccc2[nH]5)C=C4)C=C3)cc1. The molecule has 2 aliphatic rings. The van der Waals surface area contributed by atoms with Crippen molar-refractivity contribution >= 4 is 64.8 Å². The number of nitrogens with zero attached hydrogens (tertiary/aromatic N) is 2. The van der Waals surface area contributed by atoms with Crippen LogP contribution in [-0.4, -0.2) is 48.6 Å². The summed E-state index contributed by atoms with van der Waals surface area (Å²) in [5, 5.41) is 19.4. The van der Waals surface area contributed by atoms with E-state index in [-0.39, 0.29) is 11.1 Å². The van der Waals surface area contributed by atoms with Crippen LogP contribution < -0.4 is 4.74 Å². The Morgan fingerprint density at radius 2 is 0.793 bits per heavy atom. The molecular weight excluding hydrogens is 729 g/mol. The van der Waals surface area contributed by atoms with E-state index in [0.29, 0.717) is 29.3 Å². The Bertz CT molecular complexity index is 2970. The number of aromatic nitrogens is 4. The first-order valence-electron chi connectivity index (χ1n) is 18.4. The van der Waals surface area contributed by atoms with E-state index in [1.54, 1.807) is 60.7 Å². The fraction of sp³-hybridized carbons (Fsp3) is 0.0208. The van der Waals surface area contributed by atoms with Crippen molar-refractivity contribution in [3.8, 4) is 50.3 Å². The number of rotatable bonds is 8. The Balaban J connectivity index is 1.43. The minimum absolute atomic E-state index is 0.170. The molecule has 2 aliphatic heterocycles. The van der Waals surface area contributed by atoms with Gasteiger partial charge in [0.05, 0.1) is 33.9 Å². The van der Waals surface area contributed by atoms with Gasteiger partial charge in [0, 0.05) is 44.3 Å². The van der Waals surface area contributed by atoms with Crippen LogP contribution in [0.15, 0.2) is 121 Å². The van der Waals surface area contributed by atoms with Crippen molar-refractivity contribution in [2.75, 3.05) is 0 Å². The molecule has 280 valence electrons. The molecule has 5 heterocycles. The number of hydrogen-bond donors (Lipinski definition) is 4. The van der Waals surface area contributed by atoms with Crippen LogP contribution in [0.5, 0.6) is 5.75 Å². The second-order valence-corrected chi connectivity index (χ2v) is 13.9. The van der Waals surface area contributed by atoms with Crippen molar-refractivity contribution in [2.24, 2.45) is 0 Å². The maximum absolute atomic E-state index is 11.8. The third kappa shape index (κ3) is 6.54. The van der Waals surface area contributed by atoms with Crippen molar-refractivity contribution in [1.29, 1.82) is 0 Å². The Hall–Kier alpha value is -8.11. The smallest absolute Gasteiger partial charge is 0.335 e.